The Kier molecular flexibility index (Phi) is 7.16. The van der Waals surface area contributed by atoms with Crippen LogP contribution in [0.2, 0.25) is 0 Å². The molecule has 0 aliphatic heterocycles. The van der Waals surface area contributed by atoms with E-state index in [1.54, 1.807) is 0 Å². The zero-order valence-corrected chi connectivity index (χ0v) is 8.22. The smallest absolute Gasteiger partial charge is 0.263 e. The van der Waals surface area contributed by atoms with Crippen LogP contribution in [0.15, 0.2) is 0 Å². The van der Waals surface area contributed by atoms with E-state index < -0.39 is 10.4 Å². The van der Waals surface area contributed by atoms with Gasteiger partial charge in [-0.15, -0.1) is 0 Å². The highest BCUT2D eigenvalue weighted by molar-refractivity contribution is 6.19. The predicted molar refractivity (Wildman–Crippen MR) is 50.0 cm³/mol. The molecule has 0 aromatic carbocycles. The molecule has 0 spiro atoms. The topological polar surface area (TPSA) is 43.1 Å². The number of nitrogens with zero attached hydrogens (tertiary/aromatic N) is 1. The fraction of sp³-hybridized carbons (Fsp3) is 1.00. The maximum absolute atomic E-state index is 10.1. The molecular formula is C8H16ClNO2. The molecule has 0 fully saturated rings. The minimum Gasteiger partial charge on any atom is -0.263 e. The molecule has 1 unspecified atom stereocenters. The Hall–Kier alpha value is -0.310. The van der Waals surface area contributed by atoms with Gasteiger partial charge in [-0.2, -0.15) is 0 Å². The van der Waals surface area contributed by atoms with Crippen LogP contribution < -0.4 is 0 Å². The Morgan fingerprint density at radius 3 is 2.42 bits per heavy atom. The van der Waals surface area contributed by atoms with Crippen LogP contribution in [0.5, 0.6) is 0 Å². The van der Waals surface area contributed by atoms with Gasteiger partial charge in [0.1, 0.15) is 0 Å². The molecule has 0 amide bonds. The molecule has 12 heavy (non-hydrogen) atoms. The first-order chi connectivity index (χ1) is 5.68. The van der Waals surface area contributed by atoms with Crippen LogP contribution in [0.1, 0.15) is 45.4 Å². The van der Waals surface area contributed by atoms with Gasteiger partial charge in [-0.05, 0) is 18.0 Å². The first-order valence-corrected chi connectivity index (χ1v) is 4.89. The van der Waals surface area contributed by atoms with Crippen molar-refractivity contribution in [3.05, 3.63) is 10.1 Å². The molecule has 72 valence electrons. The standard InChI is InChI=1S/C8H16ClNO2/c1-2-3-4-5-6-7-8(9)10(11)12/h8H,2-7H2,1H3. The largest absolute Gasteiger partial charge is 0.286 e. The van der Waals surface area contributed by atoms with Gasteiger partial charge in [0, 0.05) is 11.3 Å². The van der Waals surface area contributed by atoms with Gasteiger partial charge in [-0.1, -0.05) is 32.6 Å². The number of hydrogen-bond acceptors (Lipinski definition) is 2. The van der Waals surface area contributed by atoms with Gasteiger partial charge >= 0.3 is 0 Å². The van der Waals surface area contributed by atoms with Crippen molar-refractivity contribution in [2.24, 2.45) is 0 Å². The second-order valence-corrected chi connectivity index (χ2v) is 3.43. The zero-order valence-electron chi connectivity index (χ0n) is 7.46. The molecule has 0 radical (unpaired) electrons. The SMILES string of the molecule is CCCCCCCC(Cl)[N+](=O)[O-]. The summed E-state index contributed by atoms with van der Waals surface area (Å²) in [5, 5.41) is 10.1. The summed E-state index contributed by atoms with van der Waals surface area (Å²) in [6.45, 7) is 2.14. The van der Waals surface area contributed by atoms with E-state index in [1.165, 1.54) is 12.8 Å². The van der Waals surface area contributed by atoms with Crippen molar-refractivity contribution in [1.82, 2.24) is 0 Å². The normalized spacial score (nSPS) is 12.8. The van der Waals surface area contributed by atoms with Crippen LogP contribution in [-0.4, -0.2) is 10.4 Å². The first-order valence-electron chi connectivity index (χ1n) is 4.46. The van der Waals surface area contributed by atoms with Crippen LogP contribution in [0.25, 0.3) is 0 Å². The van der Waals surface area contributed by atoms with E-state index >= 15 is 0 Å². The van der Waals surface area contributed by atoms with Crippen molar-refractivity contribution in [1.29, 1.82) is 0 Å². The van der Waals surface area contributed by atoms with Gasteiger partial charge < -0.3 is 0 Å². The van der Waals surface area contributed by atoms with E-state index in [-0.39, 0.29) is 0 Å². The van der Waals surface area contributed by atoms with Crippen molar-refractivity contribution in [3.63, 3.8) is 0 Å². The van der Waals surface area contributed by atoms with Crippen LogP contribution >= 0.6 is 11.6 Å². The minimum absolute atomic E-state index is 0.429. The lowest BCUT2D eigenvalue weighted by Gasteiger charge is -2.00. The average molecular weight is 194 g/mol. The van der Waals surface area contributed by atoms with Gasteiger partial charge in [0.15, 0.2) is 0 Å². The summed E-state index contributed by atoms with van der Waals surface area (Å²) in [6, 6.07) is 0. The van der Waals surface area contributed by atoms with E-state index in [0.29, 0.717) is 6.42 Å². The van der Waals surface area contributed by atoms with Crippen LogP contribution in [0.3, 0.4) is 0 Å². The molecule has 0 saturated heterocycles. The van der Waals surface area contributed by atoms with Gasteiger partial charge in [-0.25, -0.2) is 0 Å². The summed E-state index contributed by atoms with van der Waals surface area (Å²) >= 11 is 5.43. The second-order valence-electron chi connectivity index (χ2n) is 2.92. The Morgan fingerprint density at radius 1 is 1.33 bits per heavy atom. The van der Waals surface area contributed by atoms with Crippen LogP contribution in [0, 0.1) is 10.1 Å². The fourth-order valence-electron chi connectivity index (χ4n) is 1.02. The highest BCUT2D eigenvalue weighted by Crippen LogP contribution is 2.11. The molecule has 0 aliphatic rings. The molecule has 1 atom stereocenters. The van der Waals surface area contributed by atoms with E-state index in [1.807, 2.05) is 0 Å². The first kappa shape index (κ1) is 11.7. The monoisotopic (exact) mass is 193 g/mol. The molecule has 4 heteroatoms. The molecule has 0 aromatic heterocycles. The van der Waals surface area contributed by atoms with E-state index in [4.69, 9.17) is 11.6 Å². The fourth-order valence-corrected chi connectivity index (χ4v) is 1.18. The molecule has 0 bridgehead atoms. The van der Waals surface area contributed by atoms with Gasteiger partial charge in [0.05, 0.1) is 0 Å². The predicted octanol–water partition coefficient (Wildman–Crippen LogP) is 3.19. The second kappa shape index (κ2) is 7.35. The lowest BCUT2D eigenvalue weighted by Crippen LogP contribution is -2.11. The summed E-state index contributed by atoms with van der Waals surface area (Å²) in [6.07, 6.45) is 6.00. The third-order valence-electron chi connectivity index (χ3n) is 1.77. The van der Waals surface area contributed by atoms with Crippen LogP contribution in [0.4, 0.5) is 0 Å². The molecule has 0 heterocycles. The number of hydrogen-bond donors (Lipinski definition) is 0. The van der Waals surface area contributed by atoms with Crippen LogP contribution in [-0.2, 0) is 0 Å². The summed E-state index contributed by atoms with van der Waals surface area (Å²) in [5.41, 5.74) is -0.883. The Balaban J connectivity index is 3.14. The number of unbranched alkanes of at least 4 members (excludes halogenated alkanes) is 4. The van der Waals surface area contributed by atoms with Crippen molar-refractivity contribution in [2.75, 3.05) is 0 Å². The maximum atomic E-state index is 10.1. The minimum atomic E-state index is -0.883. The molecule has 0 N–H and O–H groups in total. The van der Waals surface area contributed by atoms with Gasteiger partial charge in [-0.3, -0.25) is 10.1 Å². The highest BCUT2D eigenvalue weighted by Gasteiger charge is 2.13. The van der Waals surface area contributed by atoms with Crippen molar-refractivity contribution in [3.8, 4) is 0 Å². The third kappa shape index (κ3) is 6.40. The summed E-state index contributed by atoms with van der Waals surface area (Å²) < 4.78 is 0. The summed E-state index contributed by atoms with van der Waals surface area (Å²) in [4.78, 5) is 9.66. The zero-order chi connectivity index (χ0) is 9.40. The molecular weight excluding hydrogens is 178 g/mol. The quantitative estimate of drug-likeness (QED) is 0.205. The molecule has 0 saturated carbocycles. The molecule has 0 rings (SSSR count). The van der Waals surface area contributed by atoms with Crippen molar-refractivity contribution >= 4 is 11.6 Å². The van der Waals surface area contributed by atoms with Gasteiger partial charge in [0.25, 0.3) is 5.50 Å². The maximum Gasteiger partial charge on any atom is 0.286 e. The highest BCUT2D eigenvalue weighted by atomic mass is 35.5. The Labute approximate surface area is 78.3 Å². The van der Waals surface area contributed by atoms with E-state index in [0.717, 1.165) is 19.3 Å². The van der Waals surface area contributed by atoms with E-state index in [2.05, 4.69) is 6.92 Å². The number of alkyl halides is 1. The Morgan fingerprint density at radius 2 is 1.92 bits per heavy atom. The number of rotatable bonds is 7. The lowest BCUT2D eigenvalue weighted by atomic mass is 10.1. The van der Waals surface area contributed by atoms with Gasteiger partial charge in [0.2, 0.25) is 0 Å². The molecule has 3 nitrogen and oxygen atoms in total. The summed E-state index contributed by atoms with van der Waals surface area (Å²) in [5.74, 6) is 0. The number of halogens is 1. The third-order valence-corrected chi connectivity index (χ3v) is 2.15. The molecule has 0 aromatic rings. The van der Waals surface area contributed by atoms with Crippen molar-refractivity contribution < 1.29 is 4.92 Å². The lowest BCUT2D eigenvalue weighted by molar-refractivity contribution is -0.499. The molecule has 0 aliphatic carbocycles. The number of nitro groups is 1. The van der Waals surface area contributed by atoms with E-state index in [9.17, 15) is 10.1 Å². The Bertz CT molecular complexity index is 130. The average Bonchev–Trinajstić information content (AvgIpc) is 2.03. The summed E-state index contributed by atoms with van der Waals surface area (Å²) in [7, 11) is 0. The van der Waals surface area contributed by atoms with Crippen molar-refractivity contribution in [2.45, 2.75) is 50.9 Å².